The van der Waals surface area contributed by atoms with Gasteiger partial charge in [-0.1, -0.05) is 0 Å². The first-order valence-electron chi connectivity index (χ1n) is 11.4. The van der Waals surface area contributed by atoms with Crippen molar-refractivity contribution in [2.75, 3.05) is 48.0 Å². The Morgan fingerprint density at radius 3 is 2.81 bits per heavy atom. The summed E-state index contributed by atoms with van der Waals surface area (Å²) in [7, 11) is 0. The van der Waals surface area contributed by atoms with Crippen LogP contribution in [-0.4, -0.2) is 89.3 Å². The van der Waals surface area contributed by atoms with E-state index >= 15 is 0 Å². The second kappa shape index (κ2) is 10.7. The van der Waals surface area contributed by atoms with Gasteiger partial charge in [0.15, 0.2) is 5.82 Å². The van der Waals surface area contributed by atoms with Crippen LogP contribution in [0, 0.1) is 0 Å². The summed E-state index contributed by atoms with van der Waals surface area (Å²) in [4.78, 5) is 37.6. The largest absolute Gasteiger partial charge is 0.491 e. The molecule has 4 heterocycles. The highest BCUT2D eigenvalue weighted by Crippen LogP contribution is 2.39. The maximum Gasteiger partial charge on any atom is 0.405 e. The summed E-state index contributed by atoms with van der Waals surface area (Å²) in [5.41, 5.74) is 5.50. The number of aromatic nitrogens is 2. The third kappa shape index (κ3) is 6.00. The van der Waals surface area contributed by atoms with E-state index in [2.05, 4.69) is 20.6 Å². The number of carbonyl (C=O) groups is 2. The summed E-state index contributed by atoms with van der Waals surface area (Å²) >= 11 is 0. The van der Waals surface area contributed by atoms with E-state index in [1.807, 2.05) is 4.90 Å². The molecule has 2 aromatic heterocycles. The van der Waals surface area contributed by atoms with Crippen molar-refractivity contribution in [1.82, 2.24) is 15.3 Å². The zero-order valence-electron chi connectivity index (χ0n) is 19.5. The Morgan fingerprint density at radius 2 is 2.08 bits per heavy atom. The van der Waals surface area contributed by atoms with Gasteiger partial charge in [0.1, 0.15) is 36.0 Å². The highest BCUT2D eigenvalue weighted by Gasteiger charge is 2.41. The third-order valence-corrected chi connectivity index (χ3v) is 5.93. The summed E-state index contributed by atoms with van der Waals surface area (Å²) in [5.74, 6) is -0.208. The van der Waals surface area contributed by atoms with Gasteiger partial charge in [-0.3, -0.25) is 15.0 Å². The summed E-state index contributed by atoms with van der Waals surface area (Å²) in [6, 6.07) is 2.88. The standard InChI is InChI=1S/C22H26F3N7O5/c23-22(24,25)17(26)8-28-20(35)15-1-2-16-19(29-15)32(12-4-6-31(16)9-12)21(36)30-18-7-14(3-5-27-18)37-11-13(34)10-33/h1-3,5,7,12-13,17,33-34H,4,6,8-11,26H2,(H,28,35)(H,27,30,36)/t12?,13-,17?/m1/s1. The molecular formula is C22H26F3N7O5. The number of rotatable bonds is 8. The molecule has 0 spiro atoms. The lowest BCUT2D eigenvalue weighted by molar-refractivity contribution is -0.146. The van der Waals surface area contributed by atoms with Crippen molar-refractivity contribution in [2.45, 2.75) is 30.8 Å². The molecule has 2 bridgehead atoms. The first-order chi connectivity index (χ1) is 17.6. The number of halogens is 3. The minimum Gasteiger partial charge on any atom is -0.491 e. The van der Waals surface area contributed by atoms with E-state index in [1.54, 1.807) is 6.07 Å². The smallest absolute Gasteiger partial charge is 0.405 e. The van der Waals surface area contributed by atoms with E-state index in [-0.39, 0.29) is 30.0 Å². The van der Waals surface area contributed by atoms with Gasteiger partial charge in [-0.25, -0.2) is 14.8 Å². The number of hydrogen-bond acceptors (Lipinski definition) is 9. The lowest BCUT2D eigenvalue weighted by atomic mass is 10.1. The number of pyridine rings is 2. The summed E-state index contributed by atoms with van der Waals surface area (Å²) in [5, 5.41) is 23.2. The first kappa shape index (κ1) is 26.4. The van der Waals surface area contributed by atoms with Crippen LogP contribution < -0.4 is 30.9 Å². The van der Waals surface area contributed by atoms with Crippen LogP contribution in [0.5, 0.6) is 5.75 Å². The SMILES string of the molecule is NC(CNC(=O)c1ccc2c(n1)N(C(=O)Nc1cc(OC[C@H](O)CO)ccn1)C1CCN2C1)C(F)(F)F. The molecule has 2 unspecified atom stereocenters. The molecule has 3 amide bonds. The number of aliphatic hydroxyl groups is 2. The number of urea groups is 1. The van der Waals surface area contributed by atoms with Crippen molar-refractivity contribution in [1.29, 1.82) is 0 Å². The molecule has 15 heteroatoms. The fraction of sp³-hybridized carbons (Fsp3) is 0.455. The maximum absolute atomic E-state index is 13.3. The average Bonchev–Trinajstić information content (AvgIpc) is 3.29. The molecule has 1 saturated heterocycles. The Balaban J connectivity index is 1.51. The summed E-state index contributed by atoms with van der Waals surface area (Å²) < 4.78 is 43.4. The third-order valence-electron chi connectivity index (χ3n) is 5.93. The molecule has 37 heavy (non-hydrogen) atoms. The monoisotopic (exact) mass is 525 g/mol. The first-order valence-corrected chi connectivity index (χ1v) is 11.4. The van der Waals surface area contributed by atoms with Gasteiger partial charge in [0.25, 0.3) is 5.91 Å². The number of fused-ring (bicyclic) bond motifs is 4. The van der Waals surface area contributed by atoms with Gasteiger partial charge in [-0.05, 0) is 24.6 Å². The molecule has 3 atom stereocenters. The van der Waals surface area contributed by atoms with Crippen molar-refractivity contribution in [3.8, 4) is 5.75 Å². The predicted octanol–water partition coefficient (Wildman–Crippen LogP) is 0.459. The van der Waals surface area contributed by atoms with Crippen LogP contribution in [0.15, 0.2) is 30.5 Å². The Morgan fingerprint density at radius 1 is 1.30 bits per heavy atom. The van der Waals surface area contributed by atoms with Gasteiger partial charge < -0.3 is 30.9 Å². The van der Waals surface area contributed by atoms with Gasteiger partial charge in [0, 0.05) is 31.9 Å². The highest BCUT2D eigenvalue weighted by molar-refractivity contribution is 6.05. The number of nitrogens with one attached hydrogen (secondary N) is 2. The number of nitrogens with zero attached hydrogens (tertiary/aromatic N) is 4. The number of ether oxygens (including phenoxy) is 1. The van der Waals surface area contributed by atoms with Crippen LogP contribution in [-0.2, 0) is 0 Å². The zero-order chi connectivity index (χ0) is 26.7. The number of alkyl halides is 3. The molecule has 2 aromatic rings. The predicted molar refractivity (Wildman–Crippen MR) is 126 cm³/mol. The molecule has 4 rings (SSSR count). The van der Waals surface area contributed by atoms with E-state index in [4.69, 9.17) is 15.6 Å². The molecule has 0 aliphatic carbocycles. The lowest BCUT2D eigenvalue weighted by Gasteiger charge is -2.35. The molecule has 0 saturated carbocycles. The highest BCUT2D eigenvalue weighted by atomic mass is 19.4. The number of hydrogen-bond donors (Lipinski definition) is 5. The second-order valence-electron chi connectivity index (χ2n) is 8.61. The maximum atomic E-state index is 13.3. The van der Waals surface area contributed by atoms with E-state index in [9.17, 15) is 27.9 Å². The molecule has 0 radical (unpaired) electrons. The molecule has 200 valence electrons. The number of carbonyl (C=O) groups excluding carboxylic acids is 2. The van der Waals surface area contributed by atoms with Crippen molar-refractivity contribution in [3.05, 3.63) is 36.2 Å². The molecular weight excluding hydrogens is 499 g/mol. The second-order valence-corrected chi connectivity index (χ2v) is 8.61. The van der Waals surface area contributed by atoms with Crippen molar-refractivity contribution in [2.24, 2.45) is 5.73 Å². The summed E-state index contributed by atoms with van der Waals surface area (Å²) in [6.07, 6.45) is -3.69. The van der Waals surface area contributed by atoms with Gasteiger partial charge in [-0.2, -0.15) is 13.2 Å². The fourth-order valence-electron chi connectivity index (χ4n) is 3.99. The molecule has 2 aliphatic heterocycles. The van der Waals surface area contributed by atoms with E-state index in [0.717, 1.165) is 0 Å². The van der Waals surface area contributed by atoms with Crippen LogP contribution >= 0.6 is 0 Å². The summed E-state index contributed by atoms with van der Waals surface area (Å²) in [6.45, 7) is -0.245. The van der Waals surface area contributed by atoms with E-state index in [0.29, 0.717) is 30.9 Å². The van der Waals surface area contributed by atoms with Gasteiger partial charge in [0.05, 0.1) is 18.3 Å². The number of aliphatic hydroxyl groups excluding tert-OH is 2. The molecule has 2 aliphatic rings. The molecule has 6 N–H and O–H groups in total. The van der Waals surface area contributed by atoms with Crippen LogP contribution in [0.4, 0.5) is 35.3 Å². The van der Waals surface area contributed by atoms with E-state index < -0.39 is 43.4 Å². The Hall–Kier alpha value is -3.69. The number of nitrogens with two attached hydrogens (primary N) is 1. The average molecular weight is 525 g/mol. The van der Waals surface area contributed by atoms with E-state index in [1.165, 1.54) is 29.3 Å². The van der Waals surface area contributed by atoms with Crippen LogP contribution in [0.2, 0.25) is 0 Å². The molecule has 12 nitrogen and oxygen atoms in total. The minimum atomic E-state index is -4.66. The fourth-order valence-corrected chi connectivity index (χ4v) is 3.99. The zero-order valence-corrected chi connectivity index (χ0v) is 19.5. The Labute approximate surface area is 209 Å². The lowest BCUT2D eigenvalue weighted by Crippen LogP contribution is -2.49. The van der Waals surface area contributed by atoms with Gasteiger partial charge in [-0.15, -0.1) is 0 Å². The minimum absolute atomic E-state index is 0.151. The Bertz CT molecular complexity index is 1150. The van der Waals surface area contributed by atoms with Crippen molar-refractivity contribution < 1.29 is 37.7 Å². The quantitative estimate of drug-likeness (QED) is 0.329. The van der Waals surface area contributed by atoms with Crippen molar-refractivity contribution in [3.63, 3.8) is 0 Å². The van der Waals surface area contributed by atoms with Crippen LogP contribution in [0.25, 0.3) is 0 Å². The van der Waals surface area contributed by atoms with Crippen LogP contribution in [0.3, 0.4) is 0 Å². The molecule has 0 aromatic carbocycles. The van der Waals surface area contributed by atoms with Crippen molar-refractivity contribution >= 4 is 29.3 Å². The normalized spacial score (nSPS) is 18.2. The van der Waals surface area contributed by atoms with Crippen LogP contribution in [0.1, 0.15) is 16.9 Å². The van der Waals surface area contributed by atoms with Gasteiger partial charge >= 0.3 is 12.2 Å². The number of amides is 3. The molecule has 1 fully saturated rings. The van der Waals surface area contributed by atoms with Gasteiger partial charge in [0.2, 0.25) is 0 Å². The topological polar surface area (TPSA) is 166 Å². The number of anilines is 3. The Kier molecular flexibility index (Phi) is 7.65.